The van der Waals surface area contributed by atoms with Gasteiger partial charge in [0.1, 0.15) is 5.82 Å². The zero-order chi connectivity index (χ0) is 14.8. The van der Waals surface area contributed by atoms with E-state index >= 15 is 0 Å². The minimum Gasteiger partial charge on any atom is -0.324 e. The SMILES string of the molecule is Cc1cn(-c2ccccc2)c(Nc2ccc(F)cc2Br)n1. The highest BCUT2D eigenvalue weighted by atomic mass is 79.9. The van der Waals surface area contributed by atoms with E-state index in [0.717, 1.165) is 17.1 Å². The summed E-state index contributed by atoms with van der Waals surface area (Å²) in [6.45, 7) is 1.93. The molecule has 3 nitrogen and oxygen atoms in total. The first-order chi connectivity index (χ1) is 10.1. The summed E-state index contributed by atoms with van der Waals surface area (Å²) in [4.78, 5) is 4.48. The maximum atomic E-state index is 13.2. The maximum Gasteiger partial charge on any atom is 0.212 e. The molecule has 1 aromatic heterocycles. The molecule has 21 heavy (non-hydrogen) atoms. The van der Waals surface area contributed by atoms with E-state index in [1.165, 1.54) is 12.1 Å². The molecule has 0 aliphatic carbocycles. The van der Waals surface area contributed by atoms with Crippen molar-refractivity contribution in [3.8, 4) is 5.69 Å². The number of para-hydroxylation sites is 1. The highest BCUT2D eigenvalue weighted by Gasteiger charge is 2.09. The number of anilines is 2. The van der Waals surface area contributed by atoms with E-state index in [4.69, 9.17) is 0 Å². The predicted octanol–water partition coefficient (Wildman–Crippen LogP) is 4.83. The molecule has 0 aliphatic heterocycles. The largest absolute Gasteiger partial charge is 0.324 e. The number of aryl methyl sites for hydroxylation is 1. The standard InChI is InChI=1S/C16H13BrFN3/c1-11-10-21(13-5-3-2-4-6-13)16(19-11)20-15-8-7-12(18)9-14(15)17/h2-10H,1H3,(H,19,20). The van der Waals surface area contributed by atoms with Crippen LogP contribution in [-0.4, -0.2) is 9.55 Å². The summed E-state index contributed by atoms with van der Waals surface area (Å²) in [6.07, 6.45) is 1.95. The summed E-state index contributed by atoms with van der Waals surface area (Å²) in [5, 5.41) is 3.23. The molecule has 3 rings (SSSR count). The highest BCUT2D eigenvalue weighted by Crippen LogP contribution is 2.27. The van der Waals surface area contributed by atoms with Gasteiger partial charge in [-0.3, -0.25) is 4.57 Å². The van der Waals surface area contributed by atoms with E-state index in [-0.39, 0.29) is 5.82 Å². The number of imidazole rings is 1. The second-order valence-electron chi connectivity index (χ2n) is 4.66. The quantitative estimate of drug-likeness (QED) is 0.736. The Morgan fingerprint density at radius 1 is 1.14 bits per heavy atom. The Hall–Kier alpha value is -2.14. The van der Waals surface area contributed by atoms with Gasteiger partial charge < -0.3 is 5.32 Å². The molecule has 1 heterocycles. The van der Waals surface area contributed by atoms with Crippen LogP contribution < -0.4 is 5.32 Å². The summed E-state index contributed by atoms with van der Waals surface area (Å²) >= 11 is 3.35. The maximum absolute atomic E-state index is 13.2. The first-order valence-electron chi connectivity index (χ1n) is 6.47. The van der Waals surface area contributed by atoms with Crippen molar-refractivity contribution in [2.75, 3.05) is 5.32 Å². The van der Waals surface area contributed by atoms with Crippen LogP contribution in [-0.2, 0) is 0 Å². The van der Waals surface area contributed by atoms with Crippen molar-refractivity contribution in [2.45, 2.75) is 6.92 Å². The van der Waals surface area contributed by atoms with Crippen LogP contribution in [0, 0.1) is 12.7 Å². The van der Waals surface area contributed by atoms with Crippen LogP contribution in [0.5, 0.6) is 0 Å². The normalized spacial score (nSPS) is 10.6. The van der Waals surface area contributed by atoms with E-state index in [2.05, 4.69) is 26.2 Å². The molecule has 0 spiro atoms. The zero-order valence-corrected chi connectivity index (χ0v) is 12.9. The van der Waals surface area contributed by atoms with E-state index in [9.17, 15) is 4.39 Å². The predicted molar refractivity (Wildman–Crippen MR) is 85.7 cm³/mol. The van der Waals surface area contributed by atoms with Crippen molar-refractivity contribution in [3.05, 3.63) is 70.7 Å². The molecule has 3 aromatic rings. The Morgan fingerprint density at radius 3 is 2.62 bits per heavy atom. The minimum absolute atomic E-state index is 0.282. The third-order valence-corrected chi connectivity index (χ3v) is 3.69. The van der Waals surface area contributed by atoms with Gasteiger partial charge in [0.25, 0.3) is 0 Å². The van der Waals surface area contributed by atoms with E-state index in [1.807, 2.05) is 48.0 Å². The van der Waals surface area contributed by atoms with Gasteiger partial charge in [0, 0.05) is 16.4 Å². The number of aromatic nitrogens is 2. The van der Waals surface area contributed by atoms with Crippen molar-refractivity contribution in [2.24, 2.45) is 0 Å². The molecule has 0 aliphatic rings. The van der Waals surface area contributed by atoms with Crippen molar-refractivity contribution in [1.29, 1.82) is 0 Å². The molecule has 0 fully saturated rings. The minimum atomic E-state index is -0.282. The number of nitrogens with zero attached hydrogens (tertiary/aromatic N) is 2. The molecule has 0 radical (unpaired) electrons. The Balaban J connectivity index is 2.00. The Kier molecular flexibility index (Phi) is 3.75. The fraction of sp³-hybridized carbons (Fsp3) is 0.0625. The van der Waals surface area contributed by atoms with E-state index < -0.39 is 0 Å². The van der Waals surface area contributed by atoms with Crippen LogP contribution in [0.3, 0.4) is 0 Å². The van der Waals surface area contributed by atoms with Crippen LogP contribution in [0.25, 0.3) is 5.69 Å². The lowest BCUT2D eigenvalue weighted by Crippen LogP contribution is -2.01. The van der Waals surface area contributed by atoms with Crippen molar-refractivity contribution in [1.82, 2.24) is 9.55 Å². The van der Waals surface area contributed by atoms with Gasteiger partial charge in [0.15, 0.2) is 0 Å². The first-order valence-corrected chi connectivity index (χ1v) is 7.26. The molecule has 0 atom stereocenters. The number of hydrogen-bond donors (Lipinski definition) is 1. The van der Waals surface area contributed by atoms with Crippen LogP contribution in [0.2, 0.25) is 0 Å². The lowest BCUT2D eigenvalue weighted by atomic mass is 10.3. The molecule has 0 unspecified atom stereocenters. The second kappa shape index (κ2) is 5.69. The van der Waals surface area contributed by atoms with Gasteiger partial charge in [0.2, 0.25) is 5.95 Å². The first kappa shape index (κ1) is 13.8. The fourth-order valence-corrected chi connectivity index (χ4v) is 2.53. The van der Waals surface area contributed by atoms with Gasteiger partial charge in [-0.2, -0.15) is 0 Å². The summed E-state index contributed by atoms with van der Waals surface area (Å²) in [6, 6.07) is 14.4. The molecule has 0 saturated carbocycles. The Morgan fingerprint density at radius 2 is 1.90 bits per heavy atom. The third kappa shape index (κ3) is 2.97. The number of rotatable bonds is 3. The Labute approximate surface area is 130 Å². The second-order valence-corrected chi connectivity index (χ2v) is 5.51. The average molecular weight is 346 g/mol. The third-order valence-electron chi connectivity index (χ3n) is 3.04. The summed E-state index contributed by atoms with van der Waals surface area (Å²) in [7, 11) is 0. The number of halogens is 2. The molecule has 0 amide bonds. The summed E-state index contributed by atoms with van der Waals surface area (Å²) < 4.78 is 15.8. The molecular weight excluding hydrogens is 333 g/mol. The van der Waals surface area contributed by atoms with Gasteiger partial charge in [-0.25, -0.2) is 9.37 Å². The van der Waals surface area contributed by atoms with Crippen LogP contribution in [0.4, 0.5) is 16.0 Å². The molecule has 0 bridgehead atoms. The summed E-state index contributed by atoms with van der Waals surface area (Å²) in [5.74, 6) is 0.404. The number of hydrogen-bond acceptors (Lipinski definition) is 2. The van der Waals surface area contributed by atoms with Gasteiger partial charge >= 0.3 is 0 Å². The van der Waals surface area contributed by atoms with Crippen LogP contribution in [0.1, 0.15) is 5.69 Å². The van der Waals surface area contributed by atoms with Crippen LogP contribution in [0.15, 0.2) is 59.2 Å². The van der Waals surface area contributed by atoms with Crippen molar-refractivity contribution < 1.29 is 4.39 Å². The topological polar surface area (TPSA) is 29.9 Å². The molecular formula is C16H13BrFN3. The van der Waals surface area contributed by atoms with Crippen molar-refractivity contribution in [3.63, 3.8) is 0 Å². The smallest absolute Gasteiger partial charge is 0.212 e. The highest BCUT2D eigenvalue weighted by molar-refractivity contribution is 9.10. The molecule has 5 heteroatoms. The summed E-state index contributed by atoms with van der Waals surface area (Å²) in [5.41, 5.74) is 2.68. The van der Waals surface area contributed by atoms with Gasteiger partial charge in [-0.1, -0.05) is 18.2 Å². The van der Waals surface area contributed by atoms with E-state index in [1.54, 1.807) is 6.07 Å². The van der Waals surface area contributed by atoms with Gasteiger partial charge in [-0.05, 0) is 53.2 Å². The molecule has 1 N–H and O–H groups in total. The monoisotopic (exact) mass is 345 g/mol. The fourth-order valence-electron chi connectivity index (χ4n) is 2.08. The molecule has 2 aromatic carbocycles. The Bertz CT molecular complexity index is 768. The lowest BCUT2D eigenvalue weighted by Gasteiger charge is -2.11. The van der Waals surface area contributed by atoms with Gasteiger partial charge in [0.05, 0.1) is 11.4 Å². The lowest BCUT2D eigenvalue weighted by molar-refractivity contribution is 0.627. The number of benzene rings is 2. The van der Waals surface area contributed by atoms with Gasteiger partial charge in [-0.15, -0.1) is 0 Å². The van der Waals surface area contributed by atoms with Crippen molar-refractivity contribution >= 4 is 27.6 Å². The van der Waals surface area contributed by atoms with Crippen LogP contribution >= 0.6 is 15.9 Å². The average Bonchev–Trinajstić information content (AvgIpc) is 2.84. The molecule has 0 saturated heterocycles. The number of nitrogens with one attached hydrogen (secondary N) is 1. The zero-order valence-electron chi connectivity index (χ0n) is 11.3. The van der Waals surface area contributed by atoms with E-state index in [0.29, 0.717) is 10.4 Å². The molecule has 106 valence electrons.